The largest absolute Gasteiger partial charge is 0.468 e. The molecule has 0 saturated carbocycles. The number of aromatic nitrogens is 1. The second-order valence-corrected chi connectivity index (χ2v) is 4.16. The number of hydrogen-bond acceptors (Lipinski definition) is 4. The van der Waals surface area contributed by atoms with E-state index in [0.29, 0.717) is 5.95 Å². The fourth-order valence-electron chi connectivity index (χ4n) is 1.69. The molecule has 1 radical (unpaired) electrons. The summed E-state index contributed by atoms with van der Waals surface area (Å²) in [7, 11) is 1.59. The lowest BCUT2D eigenvalue weighted by atomic mass is 10.1. The predicted octanol–water partition coefficient (Wildman–Crippen LogP) is 3.37. The Morgan fingerprint density at radius 1 is 1.44 bits per heavy atom. The summed E-state index contributed by atoms with van der Waals surface area (Å²) in [4.78, 5) is 4.30. The first-order valence-electron chi connectivity index (χ1n) is 4.77. The van der Waals surface area contributed by atoms with Crippen LogP contribution in [0.4, 0.5) is 0 Å². The van der Waals surface area contributed by atoms with E-state index in [9.17, 15) is 0 Å². The monoisotopic (exact) mass is 230 g/mol. The standard InChI is InChI=1S/C12H8NO2S/c1-14-12-10-8(7-15-12)3-2-4-9(10)11-13-5-6-16-11/h2-6H,1H3. The van der Waals surface area contributed by atoms with E-state index < -0.39 is 0 Å². The van der Waals surface area contributed by atoms with Crippen molar-refractivity contribution in [3.8, 4) is 16.5 Å². The number of furan rings is 1. The van der Waals surface area contributed by atoms with Crippen LogP contribution in [0.5, 0.6) is 5.95 Å². The summed E-state index contributed by atoms with van der Waals surface area (Å²) in [5.74, 6) is 0.487. The van der Waals surface area contributed by atoms with Crippen molar-refractivity contribution in [2.75, 3.05) is 7.11 Å². The van der Waals surface area contributed by atoms with Crippen LogP contribution in [0.3, 0.4) is 0 Å². The second kappa shape index (κ2) is 3.64. The number of nitrogens with zero attached hydrogens (tertiary/aromatic N) is 1. The Kier molecular flexibility index (Phi) is 2.15. The highest BCUT2D eigenvalue weighted by atomic mass is 32.1. The average molecular weight is 230 g/mol. The zero-order chi connectivity index (χ0) is 11.0. The highest BCUT2D eigenvalue weighted by molar-refractivity contribution is 7.13. The van der Waals surface area contributed by atoms with Gasteiger partial charge in [-0.3, -0.25) is 0 Å². The fourth-order valence-corrected chi connectivity index (χ4v) is 2.36. The molecule has 1 aromatic carbocycles. The van der Waals surface area contributed by atoms with Gasteiger partial charge in [-0.05, 0) is 0 Å². The van der Waals surface area contributed by atoms with Gasteiger partial charge in [0, 0.05) is 22.5 Å². The molecule has 79 valence electrons. The van der Waals surface area contributed by atoms with Crippen LogP contribution in [-0.4, -0.2) is 12.1 Å². The van der Waals surface area contributed by atoms with Crippen LogP contribution < -0.4 is 4.74 Å². The number of methoxy groups -OCH3 is 1. The lowest BCUT2D eigenvalue weighted by Gasteiger charge is -2.00. The summed E-state index contributed by atoms with van der Waals surface area (Å²) in [6.45, 7) is 0. The molecule has 0 aliphatic heterocycles. The molecular formula is C12H8NO2S. The number of hydrogen-bond donors (Lipinski definition) is 0. The van der Waals surface area contributed by atoms with Gasteiger partial charge in [-0.1, -0.05) is 18.2 Å². The molecule has 0 aliphatic carbocycles. The summed E-state index contributed by atoms with van der Waals surface area (Å²) < 4.78 is 10.4. The third kappa shape index (κ3) is 1.31. The summed E-state index contributed by atoms with van der Waals surface area (Å²) in [6.07, 6.45) is 4.61. The van der Waals surface area contributed by atoms with Gasteiger partial charge in [0.25, 0.3) is 5.95 Å². The average Bonchev–Trinajstić information content (AvgIpc) is 2.97. The molecule has 0 amide bonds. The molecule has 4 heteroatoms. The number of rotatable bonds is 2. The lowest BCUT2D eigenvalue weighted by Crippen LogP contribution is -1.82. The van der Waals surface area contributed by atoms with E-state index in [1.165, 1.54) is 0 Å². The minimum absolute atomic E-state index is 0.487. The van der Waals surface area contributed by atoms with E-state index in [-0.39, 0.29) is 0 Å². The Hall–Kier alpha value is -1.81. The van der Waals surface area contributed by atoms with Crippen molar-refractivity contribution in [2.24, 2.45) is 0 Å². The van der Waals surface area contributed by atoms with Crippen molar-refractivity contribution in [1.82, 2.24) is 4.98 Å². The van der Waals surface area contributed by atoms with Crippen molar-refractivity contribution in [2.45, 2.75) is 0 Å². The summed E-state index contributed by atoms with van der Waals surface area (Å²) in [5.41, 5.74) is 1.02. The molecule has 3 nitrogen and oxygen atoms in total. The Morgan fingerprint density at radius 2 is 2.38 bits per heavy atom. The highest BCUT2D eigenvalue weighted by Gasteiger charge is 2.14. The van der Waals surface area contributed by atoms with E-state index in [0.717, 1.165) is 21.3 Å². The minimum atomic E-state index is 0.487. The summed E-state index contributed by atoms with van der Waals surface area (Å²) in [5, 5.41) is 4.74. The quantitative estimate of drug-likeness (QED) is 0.677. The number of benzene rings is 1. The topological polar surface area (TPSA) is 35.3 Å². The predicted molar refractivity (Wildman–Crippen MR) is 62.7 cm³/mol. The second-order valence-electron chi connectivity index (χ2n) is 3.26. The van der Waals surface area contributed by atoms with E-state index in [1.807, 2.05) is 23.6 Å². The Morgan fingerprint density at radius 3 is 3.12 bits per heavy atom. The molecule has 0 fully saturated rings. The summed E-state index contributed by atoms with van der Waals surface area (Å²) >= 11 is 1.59. The molecule has 3 aromatic rings. The van der Waals surface area contributed by atoms with Crippen LogP contribution in [0.15, 0.2) is 34.2 Å². The fraction of sp³-hybridized carbons (Fsp3) is 0.0833. The van der Waals surface area contributed by atoms with Crippen molar-refractivity contribution < 1.29 is 9.15 Å². The van der Waals surface area contributed by atoms with Gasteiger partial charge in [0.2, 0.25) is 0 Å². The Labute approximate surface area is 96.3 Å². The first kappa shape index (κ1) is 9.42. The zero-order valence-corrected chi connectivity index (χ0v) is 9.38. The molecule has 0 N–H and O–H groups in total. The van der Waals surface area contributed by atoms with E-state index in [4.69, 9.17) is 9.15 Å². The normalized spacial score (nSPS) is 10.8. The Bertz CT molecular complexity index is 613. The molecular weight excluding hydrogens is 222 g/mol. The maximum Gasteiger partial charge on any atom is 0.293 e. The van der Waals surface area contributed by atoms with Gasteiger partial charge < -0.3 is 9.15 Å². The van der Waals surface area contributed by atoms with Gasteiger partial charge >= 0.3 is 0 Å². The summed E-state index contributed by atoms with van der Waals surface area (Å²) in [6, 6.07) is 5.91. The van der Waals surface area contributed by atoms with Gasteiger partial charge in [-0.25, -0.2) is 4.98 Å². The molecule has 0 atom stereocenters. The number of ether oxygens (including phenoxy) is 1. The van der Waals surface area contributed by atoms with Gasteiger partial charge in [-0.2, -0.15) is 0 Å². The maximum atomic E-state index is 5.23. The molecule has 0 spiro atoms. The van der Waals surface area contributed by atoms with Crippen LogP contribution in [0.25, 0.3) is 21.3 Å². The van der Waals surface area contributed by atoms with E-state index >= 15 is 0 Å². The molecule has 0 unspecified atom stereocenters. The maximum absolute atomic E-state index is 5.23. The van der Waals surface area contributed by atoms with E-state index in [1.54, 1.807) is 24.6 Å². The van der Waals surface area contributed by atoms with Crippen molar-refractivity contribution in [1.29, 1.82) is 0 Å². The van der Waals surface area contributed by atoms with Crippen LogP contribution in [0.2, 0.25) is 0 Å². The molecule has 0 bridgehead atoms. The first-order chi connectivity index (χ1) is 7.90. The zero-order valence-electron chi connectivity index (χ0n) is 8.56. The third-order valence-electron chi connectivity index (χ3n) is 2.37. The van der Waals surface area contributed by atoms with Crippen LogP contribution in [0.1, 0.15) is 0 Å². The van der Waals surface area contributed by atoms with Gasteiger partial charge in [0.15, 0.2) is 6.26 Å². The van der Waals surface area contributed by atoms with Crippen LogP contribution in [0, 0.1) is 6.26 Å². The Balaban J connectivity index is 2.35. The van der Waals surface area contributed by atoms with E-state index in [2.05, 4.69) is 11.2 Å². The number of thiazole rings is 1. The molecule has 3 rings (SSSR count). The SMILES string of the molecule is COc1o[c]c2cccc(-c3nccs3)c12. The van der Waals surface area contributed by atoms with Gasteiger partial charge in [-0.15, -0.1) is 11.3 Å². The van der Waals surface area contributed by atoms with Gasteiger partial charge in [0.1, 0.15) is 5.01 Å². The smallest absolute Gasteiger partial charge is 0.293 e. The molecule has 2 heterocycles. The van der Waals surface area contributed by atoms with Crippen molar-refractivity contribution in [3.63, 3.8) is 0 Å². The van der Waals surface area contributed by atoms with Crippen LogP contribution >= 0.6 is 11.3 Å². The molecule has 0 saturated heterocycles. The van der Waals surface area contributed by atoms with Crippen molar-refractivity contribution >= 4 is 22.1 Å². The highest BCUT2D eigenvalue weighted by Crippen LogP contribution is 2.36. The third-order valence-corrected chi connectivity index (χ3v) is 3.18. The number of fused-ring (bicyclic) bond motifs is 1. The van der Waals surface area contributed by atoms with Crippen molar-refractivity contribution in [3.05, 3.63) is 36.0 Å². The molecule has 0 aliphatic rings. The molecule has 16 heavy (non-hydrogen) atoms. The van der Waals surface area contributed by atoms with Gasteiger partial charge in [0.05, 0.1) is 12.5 Å². The van der Waals surface area contributed by atoms with Crippen LogP contribution in [-0.2, 0) is 0 Å². The minimum Gasteiger partial charge on any atom is -0.468 e. The lowest BCUT2D eigenvalue weighted by molar-refractivity contribution is 0.307. The molecule has 2 aromatic heterocycles. The first-order valence-corrected chi connectivity index (χ1v) is 5.65.